The summed E-state index contributed by atoms with van der Waals surface area (Å²) in [5.74, 6) is 0.230. The van der Waals surface area contributed by atoms with Crippen molar-refractivity contribution in [3.8, 4) is 0 Å². The van der Waals surface area contributed by atoms with Crippen LogP contribution in [0, 0.1) is 5.92 Å². The fourth-order valence-corrected chi connectivity index (χ4v) is 3.03. The molecule has 0 saturated heterocycles. The van der Waals surface area contributed by atoms with Crippen LogP contribution in [0.3, 0.4) is 0 Å². The molecule has 1 heterocycles. The number of benzene rings is 1. The Morgan fingerprint density at radius 1 is 1.35 bits per heavy atom. The van der Waals surface area contributed by atoms with E-state index in [0.29, 0.717) is 33.4 Å². The number of nitrogens with one attached hydrogen (secondary N) is 1. The molecule has 0 aliphatic rings. The number of rotatable bonds is 6. The van der Waals surface area contributed by atoms with E-state index in [9.17, 15) is 4.79 Å². The number of nitrogens with zero attached hydrogens (tertiary/aromatic N) is 4. The average molecular weight is 374 g/mol. The second-order valence-corrected chi connectivity index (χ2v) is 7.56. The van der Waals surface area contributed by atoms with E-state index in [0.717, 1.165) is 0 Å². The lowest BCUT2D eigenvalue weighted by Crippen LogP contribution is -2.23. The number of carbonyl (C=O) groups is 1. The lowest BCUT2D eigenvalue weighted by molar-refractivity contribution is -0.115. The SMILES string of the molecule is CC(C)Cn1nnnc1SC(C)C(=O)Nc1ccc(Cl)cc1Cl. The lowest BCUT2D eigenvalue weighted by atomic mass is 10.2. The van der Waals surface area contributed by atoms with Crippen molar-refractivity contribution in [1.82, 2.24) is 20.2 Å². The van der Waals surface area contributed by atoms with Gasteiger partial charge in [-0.05, 0) is 41.5 Å². The Hall–Kier alpha value is -1.31. The highest BCUT2D eigenvalue weighted by molar-refractivity contribution is 8.00. The van der Waals surface area contributed by atoms with E-state index in [-0.39, 0.29) is 11.2 Å². The molecule has 0 radical (unpaired) electrons. The minimum atomic E-state index is -0.376. The van der Waals surface area contributed by atoms with E-state index in [2.05, 4.69) is 34.7 Å². The van der Waals surface area contributed by atoms with E-state index >= 15 is 0 Å². The summed E-state index contributed by atoms with van der Waals surface area (Å²) in [6.07, 6.45) is 0. The van der Waals surface area contributed by atoms with Gasteiger partial charge in [0.05, 0.1) is 16.0 Å². The van der Waals surface area contributed by atoms with Gasteiger partial charge in [0, 0.05) is 11.6 Å². The first-order valence-electron chi connectivity index (χ1n) is 7.05. The van der Waals surface area contributed by atoms with E-state index in [1.807, 2.05) is 0 Å². The molecule has 0 aliphatic heterocycles. The van der Waals surface area contributed by atoms with E-state index in [4.69, 9.17) is 23.2 Å². The Labute approximate surface area is 148 Å². The van der Waals surface area contributed by atoms with Crippen LogP contribution in [0.2, 0.25) is 10.0 Å². The number of anilines is 1. The van der Waals surface area contributed by atoms with Crippen LogP contribution >= 0.6 is 35.0 Å². The molecular formula is C14H17Cl2N5OS. The number of aromatic nitrogens is 4. The topological polar surface area (TPSA) is 72.7 Å². The summed E-state index contributed by atoms with van der Waals surface area (Å²) in [5, 5.41) is 15.5. The molecule has 1 amide bonds. The van der Waals surface area contributed by atoms with Gasteiger partial charge in [-0.15, -0.1) is 5.10 Å². The van der Waals surface area contributed by atoms with Crippen LogP contribution in [0.5, 0.6) is 0 Å². The zero-order chi connectivity index (χ0) is 17.0. The van der Waals surface area contributed by atoms with Crippen LogP contribution in [0.25, 0.3) is 0 Å². The molecule has 2 aromatic rings. The molecule has 0 spiro atoms. The highest BCUT2D eigenvalue weighted by atomic mass is 35.5. The summed E-state index contributed by atoms with van der Waals surface area (Å²) >= 11 is 13.2. The number of tetrazole rings is 1. The van der Waals surface area contributed by atoms with Crippen molar-refractivity contribution in [3.63, 3.8) is 0 Å². The molecule has 1 unspecified atom stereocenters. The first kappa shape index (κ1) is 18.0. The van der Waals surface area contributed by atoms with Gasteiger partial charge in [0.15, 0.2) is 0 Å². The molecular weight excluding hydrogens is 357 g/mol. The summed E-state index contributed by atoms with van der Waals surface area (Å²) in [6, 6.07) is 4.92. The van der Waals surface area contributed by atoms with E-state index < -0.39 is 0 Å². The highest BCUT2D eigenvalue weighted by Crippen LogP contribution is 2.27. The van der Waals surface area contributed by atoms with Crippen LogP contribution < -0.4 is 5.32 Å². The molecule has 124 valence electrons. The van der Waals surface area contributed by atoms with Gasteiger partial charge in [-0.2, -0.15) is 0 Å². The molecule has 2 rings (SSSR count). The first-order chi connectivity index (χ1) is 10.9. The summed E-state index contributed by atoms with van der Waals surface area (Å²) < 4.78 is 1.70. The second kappa shape index (κ2) is 7.99. The smallest absolute Gasteiger partial charge is 0.237 e. The molecule has 9 heteroatoms. The van der Waals surface area contributed by atoms with Crippen molar-refractivity contribution < 1.29 is 4.79 Å². The predicted octanol–water partition coefficient (Wildman–Crippen LogP) is 3.76. The van der Waals surface area contributed by atoms with Gasteiger partial charge in [-0.3, -0.25) is 4.79 Å². The molecule has 0 bridgehead atoms. The summed E-state index contributed by atoms with van der Waals surface area (Å²) in [5.41, 5.74) is 0.523. The number of hydrogen-bond donors (Lipinski definition) is 1. The van der Waals surface area contributed by atoms with Crippen LogP contribution in [0.15, 0.2) is 23.4 Å². The molecule has 1 aromatic carbocycles. The van der Waals surface area contributed by atoms with Crippen LogP contribution in [-0.4, -0.2) is 31.4 Å². The Bertz CT molecular complexity index is 692. The number of thioether (sulfide) groups is 1. The third kappa shape index (κ3) is 5.09. The maximum Gasteiger partial charge on any atom is 0.237 e. The largest absolute Gasteiger partial charge is 0.324 e. The molecule has 23 heavy (non-hydrogen) atoms. The van der Waals surface area contributed by atoms with Crippen molar-refractivity contribution in [2.24, 2.45) is 5.92 Å². The maximum absolute atomic E-state index is 12.3. The Kier molecular flexibility index (Phi) is 6.26. The summed E-state index contributed by atoms with van der Waals surface area (Å²) in [6.45, 7) is 6.65. The first-order valence-corrected chi connectivity index (χ1v) is 8.69. The third-order valence-corrected chi connectivity index (χ3v) is 4.50. The molecule has 1 aromatic heterocycles. The van der Waals surface area contributed by atoms with Crippen molar-refractivity contribution in [2.45, 2.75) is 37.7 Å². The minimum Gasteiger partial charge on any atom is -0.324 e. The van der Waals surface area contributed by atoms with Gasteiger partial charge in [0.1, 0.15) is 0 Å². The fraction of sp³-hybridized carbons (Fsp3) is 0.429. The third-order valence-electron chi connectivity index (χ3n) is 2.88. The van der Waals surface area contributed by atoms with Crippen molar-refractivity contribution in [3.05, 3.63) is 28.2 Å². The molecule has 0 fully saturated rings. The predicted molar refractivity (Wildman–Crippen MR) is 93.1 cm³/mol. The summed E-state index contributed by atoms with van der Waals surface area (Å²) in [4.78, 5) is 12.3. The normalized spacial score (nSPS) is 12.4. The standard InChI is InChI=1S/C14H17Cl2N5OS/c1-8(2)7-21-14(18-19-20-21)23-9(3)13(22)17-12-5-4-10(15)6-11(12)16/h4-6,8-9H,7H2,1-3H3,(H,17,22). The number of halogens is 2. The van der Waals surface area contributed by atoms with Gasteiger partial charge >= 0.3 is 0 Å². The highest BCUT2D eigenvalue weighted by Gasteiger charge is 2.19. The number of hydrogen-bond acceptors (Lipinski definition) is 5. The van der Waals surface area contributed by atoms with Crippen LogP contribution in [0.1, 0.15) is 20.8 Å². The second-order valence-electron chi connectivity index (χ2n) is 5.41. The van der Waals surface area contributed by atoms with Crippen LogP contribution in [0.4, 0.5) is 5.69 Å². The quantitative estimate of drug-likeness (QED) is 0.780. The van der Waals surface area contributed by atoms with E-state index in [1.165, 1.54) is 11.8 Å². The molecule has 1 N–H and O–H groups in total. The molecule has 0 aliphatic carbocycles. The fourth-order valence-electron chi connectivity index (χ4n) is 1.78. The monoisotopic (exact) mass is 373 g/mol. The Morgan fingerprint density at radius 3 is 2.74 bits per heavy atom. The zero-order valence-electron chi connectivity index (χ0n) is 13.0. The maximum atomic E-state index is 12.3. The molecule has 6 nitrogen and oxygen atoms in total. The van der Waals surface area contributed by atoms with E-state index in [1.54, 1.807) is 29.8 Å². The van der Waals surface area contributed by atoms with Crippen molar-refractivity contribution >= 4 is 46.6 Å². The number of carbonyl (C=O) groups excluding carboxylic acids is 1. The zero-order valence-corrected chi connectivity index (χ0v) is 15.3. The van der Waals surface area contributed by atoms with Gasteiger partial charge in [0.25, 0.3) is 0 Å². The Balaban J connectivity index is 2.01. The minimum absolute atomic E-state index is 0.182. The van der Waals surface area contributed by atoms with Gasteiger partial charge in [-0.1, -0.05) is 48.8 Å². The Morgan fingerprint density at radius 2 is 2.09 bits per heavy atom. The molecule has 0 saturated carbocycles. The van der Waals surface area contributed by atoms with Crippen molar-refractivity contribution in [1.29, 1.82) is 0 Å². The lowest BCUT2D eigenvalue weighted by Gasteiger charge is -2.13. The van der Waals surface area contributed by atoms with Gasteiger partial charge in [-0.25, -0.2) is 4.68 Å². The van der Waals surface area contributed by atoms with Crippen LogP contribution in [-0.2, 0) is 11.3 Å². The number of amides is 1. The average Bonchev–Trinajstić information content (AvgIpc) is 2.88. The van der Waals surface area contributed by atoms with Gasteiger partial charge < -0.3 is 5.32 Å². The summed E-state index contributed by atoms with van der Waals surface area (Å²) in [7, 11) is 0. The van der Waals surface area contributed by atoms with Crippen molar-refractivity contribution in [2.75, 3.05) is 5.32 Å². The van der Waals surface area contributed by atoms with Gasteiger partial charge in [0.2, 0.25) is 11.1 Å². The molecule has 1 atom stereocenters.